The van der Waals surface area contributed by atoms with Crippen LogP contribution in [0.3, 0.4) is 0 Å². The molecule has 0 spiro atoms. The van der Waals surface area contributed by atoms with Crippen molar-refractivity contribution in [2.45, 2.75) is 13.0 Å². The molecule has 0 saturated heterocycles. The molecule has 0 bridgehead atoms. The van der Waals surface area contributed by atoms with Gasteiger partial charge in [0.15, 0.2) is 0 Å². The van der Waals surface area contributed by atoms with Crippen LogP contribution in [0.25, 0.3) is 0 Å². The van der Waals surface area contributed by atoms with E-state index >= 15 is 0 Å². The van der Waals surface area contributed by atoms with Gasteiger partial charge < -0.3 is 4.90 Å². The molecule has 0 amide bonds. The molecule has 3 rings (SSSR count). The van der Waals surface area contributed by atoms with Crippen LogP contribution in [0.5, 0.6) is 0 Å². The van der Waals surface area contributed by atoms with E-state index in [1.165, 1.54) is 0 Å². The van der Waals surface area contributed by atoms with E-state index in [9.17, 15) is 14.9 Å². The van der Waals surface area contributed by atoms with Gasteiger partial charge in [-0.1, -0.05) is 24.3 Å². The highest BCUT2D eigenvalue weighted by molar-refractivity contribution is 5.74. The number of anilines is 1. The Kier molecular flexibility index (Phi) is 3.39. The molecule has 106 valence electrons. The number of nitrogens with zero attached hydrogens (tertiary/aromatic N) is 2. The fourth-order valence-electron chi connectivity index (χ4n) is 2.66. The predicted octanol–water partition coefficient (Wildman–Crippen LogP) is 2.97. The molecule has 5 heteroatoms. The third-order valence-corrected chi connectivity index (χ3v) is 3.75. The highest BCUT2D eigenvalue weighted by atomic mass is 16.6. The first-order chi connectivity index (χ1) is 10.2. The standard InChI is InChI=1S/C16H14N2O3/c19-11-13-3-1-12(2-4-13)10-17-8-7-14-9-15(18(20)21)5-6-16(14)17/h1-6,9,11H,7-8,10H2. The predicted molar refractivity (Wildman–Crippen MR) is 79.7 cm³/mol. The minimum Gasteiger partial charge on any atom is -0.367 e. The highest BCUT2D eigenvalue weighted by Gasteiger charge is 2.21. The fourth-order valence-corrected chi connectivity index (χ4v) is 2.66. The van der Waals surface area contributed by atoms with Crippen LogP contribution in [0.1, 0.15) is 21.5 Å². The Morgan fingerprint density at radius 2 is 1.95 bits per heavy atom. The third-order valence-electron chi connectivity index (χ3n) is 3.75. The molecule has 0 unspecified atom stereocenters. The summed E-state index contributed by atoms with van der Waals surface area (Å²) in [7, 11) is 0. The lowest BCUT2D eigenvalue weighted by Gasteiger charge is -2.19. The molecule has 0 N–H and O–H groups in total. The van der Waals surface area contributed by atoms with Gasteiger partial charge in [0.2, 0.25) is 0 Å². The molecule has 1 aliphatic rings. The van der Waals surface area contributed by atoms with E-state index < -0.39 is 0 Å². The van der Waals surface area contributed by atoms with Gasteiger partial charge in [-0.2, -0.15) is 0 Å². The Bertz CT molecular complexity index is 695. The molecule has 21 heavy (non-hydrogen) atoms. The molecule has 2 aromatic rings. The number of hydrogen-bond acceptors (Lipinski definition) is 4. The molecule has 5 nitrogen and oxygen atoms in total. The van der Waals surface area contributed by atoms with Gasteiger partial charge in [0, 0.05) is 36.5 Å². The molecular formula is C16H14N2O3. The number of carbonyl (C=O) groups excluding carboxylic acids is 1. The Morgan fingerprint density at radius 3 is 2.62 bits per heavy atom. The average molecular weight is 282 g/mol. The number of benzene rings is 2. The maximum absolute atomic E-state index is 10.8. The van der Waals surface area contributed by atoms with Crippen molar-refractivity contribution in [3.05, 3.63) is 69.3 Å². The van der Waals surface area contributed by atoms with Gasteiger partial charge in [0.05, 0.1) is 4.92 Å². The van der Waals surface area contributed by atoms with Gasteiger partial charge in [-0.05, 0) is 23.6 Å². The van der Waals surface area contributed by atoms with E-state index in [4.69, 9.17) is 0 Å². The van der Waals surface area contributed by atoms with Crippen molar-refractivity contribution < 1.29 is 9.72 Å². The number of nitro groups is 1. The molecular weight excluding hydrogens is 268 g/mol. The number of carbonyl (C=O) groups is 1. The second-order valence-corrected chi connectivity index (χ2v) is 5.10. The number of hydrogen-bond donors (Lipinski definition) is 0. The summed E-state index contributed by atoms with van der Waals surface area (Å²) in [6.45, 7) is 1.59. The number of rotatable bonds is 4. The van der Waals surface area contributed by atoms with E-state index in [1.807, 2.05) is 18.2 Å². The topological polar surface area (TPSA) is 63.5 Å². The van der Waals surface area contributed by atoms with Crippen molar-refractivity contribution in [1.29, 1.82) is 0 Å². The first kappa shape index (κ1) is 13.3. The van der Waals surface area contributed by atoms with Crippen LogP contribution in [0.15, 0.2) is 42.5 Å². The van der Waals surface area contributed by atoms with Gasteiger partial charge >= 0.3 is 0 Å². The summed E-state index contributed by atoms with van der Waals surface area (Å²) in [5, 5.41) is 10.8. The maximum atomic E-state index is 10.8. The van der Waals surface area contributed by atoms with Crippen molar-refractivity contribution in [2.75, 3.05) is 11.4 Å². The van der Waals surface area contributed by atoms with E-state index in [0.29, 0.717) is 5.56 Å². The second-order valence-electron chi connectivity index (χ2n) is 5.10. The third kappa shape index (κ3) is 2.63. The van der Waals surface area contributed by atoms with Crippen LogP contribution in [-0.4, -0.2) is 17.8 Å². The molecule has 0 saturated carbocycles. The molecule has 0 atom stereocenters. The van der Waals surface area contributed by atoms with Gasteiger partial charge in [-0.15, -0.1) is 0 Å². The zero-order valence-electron chi connectivity index (χ0n) is 11.4. The number of aldehydes is 1. The molecule has 1 heterocycles. The Hall–Kier alpha value is -2.69. The van der Waals surface area contributed by atoms with Crippen LogP contribution in [0.4, 0.5) is 11.4 Å². The molecule has 0 aromatic heterocycles. The van der Waals surface area contributed by atoms with E-state index in [-0.39, 0.29) is 10.6 Å². The molecule has 0 aliphatic carbocycles. The molecule has 0 radical (unpaired) electrons. The normalized spacial score (nSPS) is 13.0. The lowest BCUT2D eigenvalue weighted by atomic mass is 10.1. The Morgan fingerprint density at radius 1 is 1.19 bits per heavy atom. The first-order valence-electron chi connectivity index (χ1n) is 6.74. The maximum Gasteiger partial charge on any atom is 0.269 e. The van der Waals surface area contributed by atoms with Gasteiger partial charge in [0.1, 0.15) is 6.29 Å². The van der Waals surface area contributed by atoms with E-state index in [1.54, 1.807) is 24.3 Å². The zero-order chi connectivity index (χ0) is 14.8. The summed E-state index contributed by atoms with van der Waals surface area (Å²) in [5.41, 5.74) is 4.00. The van der Waals surface area contributed by atoms with Gasteiger partial charge in [-0.3, -0.25) is 14.9 Å². The first-order valence-corrected chi connectivity index (χ1v) is 6.74. The van der Waals surface area contributed by atoms with Crippen LogP contribution in [0, 0.1) is 10.1 Å². The van der Waals surface area contributed by atoms with Crippen molar-refractivity contribution in [3.63, 3.8) is 0 Å². The minimum atomic E-state index is -0.360. The van der Waals surface area contributed by atoms with Crippen LogP contribution in [-0.2, 0) is 13.0 Å². The summed E-state index contributed by atoms with van der Waals surface area (Å²) in [6, 6.07) is 12.5. The Labute approximate surface area is 122 Å². The van der Waals surface area contributed by atoms with Gasteiger partial charge in [-0.25, -0.2) is 0 Å². The summed E-state index contributed by atoms with van der Waals surface area (Å²) in [4.78, 5) is 23.3. The quantitative estimate of drug-likeness (QED) is 0.491. The number of fused-ring (bicyclic) bond motifs is 1. The van der Waals surface area contributed by atoms with Crippen LogP contribution in [0.2, 0.25) is 0 Å². The summed E-state index contributed by atoms with van der Waals surface area (Å²) in [6.07, 6.45) is 1.65. The molecule has 0 fully saturated rings. The monoisotopic (exact) mass is 282 g/mol. The zero-order valence-corrected chi connectivity index (χ0v) is 11.4. The van der Waals surface area contributed by atoms with Crippen LogP contribution >= 0.6 is 0 Å². The second kappa shape index (κ2) is 5.36. The largest absolute Gasteiger partial charge is 0.367 e. The smallest absolute Gasteiger partial charge is 0.269 e. The van der Waals surface area contributed by atoms with Crippen molar-refractivity contribution in [1.82, 2.24) is 0 Å². The number of non-ortho nitro benzene ring substituents is 1. The number of nitro benzene ring substituents is 1. The lowest BCUT2D eigenvalue weighted by Crippen LogP contribution is -2.19. The highest BCUT2D eigenvalue weighted by Crippen LogP contribution is 2.32. The summed E-state index contributed by atoms with van der Waals surface area (Å²) in [5.74, 6) is 0. The van der Waals surface area contributed by atoms with Crippen molar-refractivity contribution in [2.24, 2.45) is 0 Å². The van der Waals surface area contributed by atoms with E-state index in [2.05, 4.69) is 4.90 Å². The van der Waals surface area contributed by atoms with Crippen molar-refractivity contribution in [3.8, 4) is 0 Å². The molecule has 2 aromatic carbocycles. The van der Waals surface area contributed by atoms with E-state index in [0.717, 1.165) is 42.6 Å². The molecule has 1 aliphatic heterocycles. The van der Waals surface area contributed by atoms with Gasteiger partial charge in [0.25, 0.3) is 5.69 Å². The lowest BCUT2D eigenvalue weighted by molar-refractivity contribution is -0.384. The van der Waals surface area contributed by atoms with Crippen molar-refractivity contribution >= 4 is 17.7 Å². The summed E-state index contributed by atoms with van der Waals surface area (Å²) < 4.78 is 0. The average Bonchev–Trinajstić information content (AvgIpc) is 2.90. The van der Waals surface area contributed by atoms with Crippen LogP contribution < -0.4 is 4.90 Å². The SMILES string of the molecule is O=Cc1ccc(CN2CCc3cc([N+](=O)[O-])ccc32)cc1. The minimum absolute atomic E-state index is 0.144. The Balaban J connectivity index is 1.80. The fraction of sp³-hybridized carbons (Fsp3) is 0.188. The summed E-state index contributed by atoms with van der Waals surface area (Å²) >= 11 is 0.